The second-order valence-electron chi connectivity index (χ2n) is 11.7. The van der Waals surface area contributed by atoms with Gasteiger partial charge in [0.15, 0.2) is 0 Å². The molecule has 0 aromatic heterocycles. The molecule has 0 aromatic carbocycles. The first-order valence-corrected chi connectivity index (χ1v) is 12.0. The van der Waals surface area contributed by atoms with Crippen molar-refractivity contribution < 1.29 is 9.90 Å². The number of hydrogen-bond donors (Lipinski definition) is 1. The highest BCUT2D eigenvalue weighted by Crippen LogP contribution is 2.68. The summed E-state index contributed by atoms with van der Waals surface area (Å²) in [5.41, 5.74) is 1.09. The van der Waals surface area contributed by atoms with E-state index in [1.54, 1.807) is 0 Å². The van der Waals surface area contributed by atoms with Crippen LogP contribution >= 0.6 is 0 Å². The molecule has 0 amide bonds. The number of fused-ring (bicyclic) bond motifs is 5. The van der Waals surface area contributed by atoms with E-state index in [0.29, 0.717) is 23.2 Å². The number of carboxylic acid groups (broad SMARTS) is 1. The molecule has 0 bridgehead atoms. The summed E-state index contributed by atoms with van der Waals surface area (Å²) in [4.78, 5) is 11.1. The van der Waals surface area contributed by atoms with Crippen LogP contribution in [0.15, 0.2) is 0 Å². The fraction of sp³-hybridized carbons (Fsp3) is 0.960. The molecule has 4 fully saturated rings. The molecule has 2 nitrogen and oxygen atoms in total. The topological polar surface area (TPSA) is 37.3 Å². The molecule has 0 unspecified atom stereocenters. The average Bonchev–Trinajstić information content (AvgIpc) is 2.97. The molecule has 0 spiro atoms. The van der Waals surface area contributed by atoms with Crippen molar-refractivity contribution in [3.8, 4) is 0 Å². The summed E-state index contributed by atoms with van der Waals surface area (Å²) in [6.07, 6.45) is 14.2. The summed E-state index contributed by atoms with van der Waals surface area (Å²) < 4.78 is 0. The van der Waals surface area contributed by atoms with Crippen LogP contribution in [0, 0.1) is 52.3 Å². The zero-order valence-corrected chi connectivity index (χ0v) is 18.2. The van der Waals surface area contributed by atoms with E-state index in [1.807, 2.05) is 0 Å². The van der Waals surface area contributed by atoms with Crippen LogP contribution in [0.2, 0.25) is 0 Å². The lowest BCUT2D eigenvalue weighted by Gasteiger charge is -2.61. The van der Waals surface area contributed by atoms with Crippen LogP contribution in [0.4, 0.5) is 0 Å². The summed E-state index contributed by atoms with van der Waals surface area (Å²) in [6, 6.07) is 0. The molecular formula is C25H42O2. The molecule has 0 heterocycles. The Balaban J connectivity index is 1.51. The fourth-order valence-electron chi connectivity index (χ4n) is 9.00. The first kappa shape index (κ1) is 19.8. The van der Waals surface area contributed by atoms with Crippen molar-refractivity contribution in [3.05, 3.63) is 0 Å². The molecule has 9 atom stereocenters. The molecule has 4 aliphatic carbocycles. The highest BCUT2D eigenvalue weighted by molar-refractivity contribution is 5.66. The van der Waals surface area contributed by atoms with Gasteiger partial charge >= 0.3 is 5.97 Å². The predicted molar refractivity (Wildman–Crippen MR) is 110 cm³/mol. The lowest BCUT2D eigenvalue weighted by molar-refractivity contribution is -0.137. The van der Waals surface area contributed by atoms with Gasteiger partial charge in [0.2, 0.25) is 0 Å². The minimum atomic E-state index is -0.622. The summed E-state index contributed by atoms with van der Waals surface area (Å²) in [6.45, 7) is 10.1. The molecule has 4 rings (SSSR count). The number of aliphatic carboxylic acids is 1. The van der Waals surface area contributed by atoms with Crippen molar-refractivity contribution >= 4 is 5.97 Å². The smallest absolute Gasteiger partial charge is 0.303 e. The lowest BCUT2D eigenvalue weighted by Crippen LogP contribution is -2.53. The van der Waals surface area contributed by atoms with Gasteiger partial charge in [-0.1, -0.05) is 34.1 Å². The van der Waals surface area contributed by atoms with Crippen molar-refractivity contribution in [2.45, 2.75) is 98.3 Å². The number of hydrogen-bond acceptors (Lipinski definition) is 1. The van der Waals surface area contributed by atoms with E-state index < -0.39 is 5.97 Å². The van der Waals surface area contributed by atoms with Gasteiger partial charge in [0.05, 0.1) is 0 Å². The van der Waals surface area contributed by atoms with E-state index in [-0.39, 0.29) is 0 Å². The van der Waals surface area contributed by atoms with E-state index in [1.165, 1.54) is 57.8 Å². The van der Waals surface area contributed by atoms with Gasteiger partial charge in [0.25, 0.3) is 0 Å². The maximum absolute atomic E-state index is 11.1. The van der Waals surface area contributed by atoms with Crippen LogP contribution < -0.4 is 0 Å². The van der Waals surface area contributed by atoms with Crippen molar-refractivity contribution in [1.29, 1.82) is 0 Å². The molecule has 4 saturated carbocycles. The Kier molecular flexibility index (Phi) is 5.17. The Morgan fingerprint density at radius 2 is 1.70 bits per heavy atom. The molecule has 0 aromatic rings. The highest BCUT2D eigenvalue weighted by Gasteiger charge is 2.60. The Hall–Kier alpha value is -0.530. The summed E-state index contributed by atoms with van der Waals surface area (Å²) in [5, 5.41) is 9.11. The minimum Gasteiger partial charge on any atom is -0.481 e. The van der Waals surface area contributed by atoms with Crippen LogP contribution in [0.3, 0.4) is 0 Å². The van der Waals surface area contributed by atoms with Crippen molar-refractivity contribution in [2.75, 3.05) is 0 Å². The molecule has 1 N–H and O–H groups in total. The van der Waals surface area contributed by atoms with Crippen molar-refractivity contribution in [3.63, 3.8) is 0 Å². The van der Waals surface area contributed by atoms with Gasteiger partial charge in [0.1, 0.15) is 0 Å². The normalized spacial score (nSPS) is 50.4. The van der Waals surface area contributed by atoms with Gasteiger partial charge in [-0.15, -0.1) is 0 Å². The molecule has 0 radical (unpaired) electrons. The molecule has 0 saturated heterocycles. The fourth-order valence-corrected chi connectivity index (χ4v) is 9.00. The number of carboxylic acids is 1. The third-order valence-electron chi connectivity index (χ3n) is 10.5. The third-order valence-corrected chi connectivity index (χ3v) is 10.5. The highest BCUT2D eigenvalue weighted by atomic mass is 16.4. The Morgan fingerprint density at radius 3 is 2.44 bits per heavy atom. The molecular weight excluding hydrogens is 332 g/mol. The van der Waals surface area contributed by atoms with Gasteiger partial charge < -0.3 is 5.11 Å². The maximum Gasteiger partial charge on any atom is 0.303 e. The van der Waals surface area contributed by atoms with Crippen LogP contribution in [0.1, 0.15) is 98.3 Å². The summed E-state index contributed by atoms with van der Waals surface area (Å²) in [7, 11) is 0. The SMILES string of the molecule is C[C@@H]1CC[C@@]2(C)[C@H](CC[C@@H]3[C@@H]2CC[C@]2(C)[C@@H]([C@H](C)CCC(=O)O)CC[C@@H]32)C1. The van der Waals surface area contributed by atoms with Crippen LogP contribution in [0.5, 0.6) is 0 Å². The third kappa shape index (κ3) is 3.18. The number of rotatable bonds is 4. The maximum atomic E-state index is 11.1. The largest absolute Gasteiger partial charge is 0.481 e. The zero-order valence-electron chi connectivity index (χ0n) is 18.2. The minimum absolute atomic E-state index is 0.350. The van der Waals surface area contributed by atoms with E-state index in [0.717, 1.165) is 41.9 Å². The first-order valence-electron chi connectivity index (χ1n) is 12.0. The van der Waals surface area contributed by atoms with E-state index >= 15 is 0 Å². The van der Waals surface area contributed by atoms with Crippen LogP contribution in [0.25, 0.3) is 0 Å². The van der Waals surface area contributed by atoms with Gasteiger partial charge in [-0.05, 0) is 110 Å². The van der Waals surface area contributed by atoms with Gasteiger partial charge in [-0.25, -0.2) is 0 Å². The summed E-state index contributed by atoms with van der Waals surface area (Å²) >= 11 is 0. The van der Waals surface area contributed by atoms with E-state index in [2.05, 4.69) is 27.7 Å². The van der Waals surface area contributed by atoms with Crippen molar-refractivity contribution in [2.24, 2.45) is 52.3 Å². The van der Waals surface area contributed by atoms with E-state index in [4.69, 9.17) is 5.11 Å². The predicted octanol–water partition coefficient (Wildman–Crippen LogP) is 6.78. The summed E-state index contributed by atoms with van der Waals surface area (Å²) in [5.74, 6) is 5.45. The Labute approximate surface area is 166 Å². The molecule has 154 valence electrons. The monoisotopic (exact) mass is 374 g/mol. The van der Waals surface area contributed by atoms with Crippen molar-refractivity contribution in [1.82, 2.24) is 0 Å². The Morgan fingerprint density at radius 1 is 1.00 bits per heavy atom. The van der Waals surface area contributed by atoms with Gasteiger partial charge in [0, 0.05) is 6.42 Å². The van der Waals surface area contributed by atoms with E-state index in [9.17, 15) is 4.79 Å². The standard InChI is InChI=1S/C25H42O2/c1-16-11-13-24(3)18(15-16)6-7-19-21-9-8-20(17(2)5-10-23(26)27)25(21,4)14-12-22(19)24/h16-22H,5-15H2,1-4H3,(H,26,27)/t16-,17-,18-,19+,20-,21+,22+,24+,25-/m1/s1. The second-order valence-corrected chi connectivity index (χ2v) is 11.7. The van der Waals surface area contributed by atoms with Crippen LogP contribution in [-0.2, 0) is 4.79 Å². The average molecular weight is 375 g/mol. The molecule has 4 aliphatic rings. The number of carbonyl (C=O) groups is 1. The van der Waals surface area contributed by atoms with Gasteiger partial charge in [-0.3, -0.25) is 4.79 Å². The molecule has 2 heteroatoms. The second kappa shape index (κ2) is 7.06. The van der Waals surface area contributed by atoms with Gasteiger partial charge in [-0.2, -0.15) is 0 Å². The lowest BCUT2D eigenvalue weighted by atomic mass is 9.44. The zero-order chi connectivity index (χ0) is 19.4. The first-order chi connectivity index (χ1) is 12.8. The quantitative estimate of drug-likeness (QED) is 0.588. The molecule has 27 heavy (non-hydrogen) atoms. The molecule has 0 aliphatic heterocycles. The van der Waals surface area contributed by atoms with Crippen LogP contribution in [-0.4, -0.2) is 11.1 Å². The Bertz CT molecular complexity index is 571.